The van der Waals surface area contributed by atoms with Crippen LogP contribution in [0.4, 0.5) is 4.79 Å². The van der Waals surface area contributed by atoms with E-state index in [0.717, 1.165) is 26.3 Å². The third-order valence-electron chi connectivity index (χ3n) is 4.27. The maximum absolute atomic E-state index is 12.5. The van der Waals surface area contributed by atoms with Crippen molar-refractivity contribution < 1.29 is 19.1 Å². The fraction of sp³-hybridized carbons (Fsp3) is 0.882. The molecule has 2 N–H and O–H groups in total. The summed E-state index contributed by atoms with van der Waals surface area (Å²) in [7, 11) is 1.30. The zero-order valence-electron chi connectivity index (χ0n) is 15.6. The molecule has 0 saturated carbocycles. The molecule has 1 rings (SSSR count). The minimum Gasteiger partial charge on any atom is -0.453 e. The van der Waals surface area contributed by atoms with Gasteiger partial charge in [0, 0.05) is 25.7 Å². The van der Waals surface area contributed by atoms with Gasteiger partial charge in [0.25, 0.3) is 0 Å². The third-order valence-corrected chi connectivity index (χ3v) is 4.27. The number of methoxy groups -OCH3 is 1. The van der Waals surface area contributed by atoms with E-state index in [0.29, 0.717) is 18.9 Å². The van der Waals surface area contributed by atoms with Crippen LogP contribution in [0.15, 0.2) is 0 Å². The van der Waals surface area contributed by atoms with E-state index in [1.54, 1.807) is 0 Å². The normalized spacial score (nSPS) is 18.3. The summed E-state index contributed by atoms with van der Waals surface area (Å²) in [5, 5.41) is 5.63. The van der Waals surface area contributed by atoms with Crippen LogP contribution in [-0.2, 0) is 14.3 Å². The average molecular weight is 343 g/mol. The molecule has 0 spiro atoms. The fourth-order valence-corrected chi connectivity index (χ4v) is 2.93. The van der Waals surface area contributed by atoms with Gasteiger partial charge in [-0.25, -0.2) is 4.79 Å². The molecule has 2 atom stereocenters. The van der Waals surface area contributed by atoms with Gasteiger partial charge in [0.1, 0.15) is 6.04 Å². The molecular formula is C17H33N3O4. The second kappa shape index (κ2) is 10.5. The number of nitrogens with one attached hydrogen (secondary N) is 2. The first kappa shape index (κ1) is 20.7. The van der Waals surface area contributed by atoms with Gasteiger partial charge in [-0.05, 0) is 18.3 Å². The summed E-state index contributed by atoms with van der Waals surface area (Å²) < 4.78 is 10.0. The Morgan fingerprint density at radius 3 is 2.29 bits per heavy atom. The van der Waals surface area contributed by atoms with Crippen LogP contribution in [0.1, 0.15) is 34.1 Å². The lowest BCUT2D eigenvalue weighted by atomic mass is 10.0. The summed E-state index contributed by atoms with van der Waals surface area (Å²) in [5.41, 5.74) is 0. The molecule has 140 valence electrons. The van der Waals surface area contributed by atoms with E-state index in [1.807, 2.05) is 13.8 Å². The first-order valence-corrected chi connectivity index (χ1v) is 8.79. The number of hydrogen-bond acceptors (Lipinski definition) is 5. The van der Waals surface area contributed by atoms with Gasteiger partial charge in [-0.1, -0.05) is 27.7 Å². The van der Waals surface area contributed by atoms with E-state index in [2.05, 4.69) is 34.1 Å². The second-order valence-corrected chi connectivity index (χ2v) is 7.02. The fourth-order valence-electron chi connectivity index (χ4n) is 2.93. The van der Waals surface area contributed by atoms with Crippen molar-refractivity contribution in [2.24, 2.45) is 11.8 Å². The molecule has 1 aliphatic heterocycles. The number of ether oxygens (including phenoxy) is 2. The van der Waals surface area contributed by atoms with Crippen LogP contribution in [0.25, 0.3) is 0 Å². The van der Waals surface area contributed by atoms with E-state index in [4.69, 9.17) is 4.74 Å². The highest BCUT2D eigenvalue weighted by molar-refractivity contribution is 5.85. The number of nitrogens with zero attached hydrogens (tertiary/aromatic N) is 1. The second-order valence-electron chi connectivity index (χ2n) is 7.02. The Hall–Kier alpha value is -1.34. The number of morpholine rings is 1. The Bertz CT molecular complexity index is 395. The van der Waals surface area contributed by atoms with E-state index in [-0.39, 0.29) is 17.9 Å². The van der Waals surface area contributed by atoms with Crippen molar-refractivity contribution >= 4 is 12.0 Å². The van der Waals surface area contributed by atoms with Gasteiger partial charge in [0.05, 0.1) is 20.3 Å². The molecule has 1 heterocycles. The van der Waals surface area contributed by atoms with E-state index in [1.165, 1.54) is 7.11 Å². The molecule has 0 radical (unpaired) electrons. The third kappa shape index (κ3) is 7.05. The summed E-state index contributed by atoms with van der Waals surface area (Å²) in [6, 6.07) is -0.314. The monoisotopic (exact) mass is 343 g/mol. The van der Waals surface area contributed by atoms with Crippen LogP contribution in [-0.4, -0.2) is 68.9 Å². The minimum atomic E-state index is -0.579. The largest absolute Gasteiger partial charge is 0.453 e. The van der Waals surface area contributed by atoms with Gasteiger partial charge in [0.2, 0.25) is 5.91 Å². The van der Waals surface area contributed by atoms with Gasteiger partial charge < -0.3 is 20.1 Å². The summed E-state index contributed by atoms with van der Waals surface area (Å²) in [5.74, 6) is 0.548. The molecule has 0 aromatic carbocycles. The molecule has 7 heteroatoms. The Labute approximate surface area is 145 Å². The first-order chi connectivity index (χ1) is 11.3. The minimum absolute atomic E-state index is 0.159. The first-order valence-electron chi connectivity index (χ1n) is 8.79. The lowest BCUT2D eigenvalue weighted by molar-refractivity contribution is -0.123. The lowest BCUT2D eigenvalue weighted by Crippen LogP contribution is -2.54. The van der Waals surface area contributed by atoms with Gasteiger partial charge in [-0.3, -0.25) is 9.69 Å². The molecule has 0 bridgehead atoms. The van der Waals surface area contributed by atoms with Crippen LogP contribution >= 0.6 is 0 Å². The van der Waals surface area contributed by atoms with Crippen molar-refractivity contribution in [3.8, 4) is 0 Å². The molecule has 24 heavy (non-hydrogen) atoms. The average Bonchev–Trinajstić information content (AvgIpc) is 2.54. The molecule has 0 aliphatic carbocycles. The molecule has 1 saturated heterocycles. The van der Waals surface area contributed by atoms with Crippen LogP contribution < -0.4 is 10.6 Å². The quantitative estimate of drug-likeness (QED) is 0.693. The molecule has 0 aromatic heterocycles. The lowest BCUT2D eigenvalue weighted by Gasteiger charge is -2.37. The molecular weight excluding hydrogens is 310 g/mol. The van der Waals surface area contributed by atoms with Crippen LogP contribution in [0.2, 0.25) is 0 Å². The van der Waals surface area contributed by atoms with Crippen LogP contribution in [0.3, 0.4) is 0 Å². The predicted octanol–water partition coefficient (Wildman–Crippen LogP) is 1.23. The number of carbonyl (C=O) groups excluding carboxylic acids is 2. The highest BCUT2D eigenvalue weighted by Gasteiger charge is 2.27. The maximum Gasteiger partial charge on any atom is 0.407 e. The molecule has 0 aromatic rings. The maximum atomic E-state index is 12.5. The summed E-state index contributed by atoms with van der Waals surface area (Å²) >= 11 is 0. The topological polar surface area (TPSA) is 79.9 Å². The Kier molecular flexibility index (Phi) is 9.07. The summed E-state index contributed by atoms with van der Waals surface area (Å²) in [4.78, 5) is 26.3. The van der Waals surface area contributed by atoms with Crippen molar-refractivity contribution in [2.45, 2.75) is 46.2 Å². The standard InChI is InChI=1S/C17H33N3O4/c1-12(2)10-14(19-17(22)23-5)16(21)18-11-15(13(3)4)20-6-8-24-9-7-20/h12-15H,6-11H2,1-5H3,(H,18,21)(H,19,22). The number of carbonyl (C=O) groups is 2. The Morgan fingerprint density at radius 2 is 1.79 bits per heavy atom. The van der Waals surface area contributed by atoms with Crippen LogP contribution in [0, 0.1) is 11.8 Å². The molecule has 1 fully saturated rings. The molecule has 2 unspecified atom stereocenters. The summed E-state index contributed by atoms with van der Waals surface area (Å²) in [6.07, 6.45) is -0.00503. The van der Waals surface area contributed by atoms with Crippen molar-refractivity contribution in [3.05, 3.63) is 0 Å². The Balaban J connectivity index is 2.61. The van der Waals surface area contributed by atoms with Gasteiger partial charge >= 0.3 is 6.09 Å². The van der Waals surface area contributed by atoms with Crippen molar-refractivity contribution in [2.75, 3.05) is 40.0 Å². The van der Waals surface area contributed by atoms with Gasteiger partial charge in [-0.2, -0.15) is 0 Å². The zero-order valence-corrected chi connectivity index (χ0v) is 15.6. The number of amides is 2. The van der Waals surface area contributed by atoms with E-state index >= 15 is 0 Å². The van der Waals surface area contributed by atoms with E-state index < -0.39 is 12.1 Å². The Morgan fingerprint density at radius 1 is 1.17 bits per heavy atom. The van der Waals surface area contributed by atoms with E-state index in [9.17, 15) is 9.59 Å². The van der Waals surface area contributed by atoms with Gasteiger partial charge in [-0.15, -0.1) is 0 Å². The predicted molar refractivity (Wildman–Crippen MR) is 92.8 cm³/mol. The van der Waals surface area contributed by atoms with Gasteiger partial charge in [0.15, 0.2) is 0 Å². The van der Waals surface area contributed by atoms with Crippen LogP contribution in [0.5, 0.6) is 0 Å². The summed E-state index contributed by atoms with van der Waals surface area (Å²) in [6.45, 7) is 12.1. The molecule has 7 nitrogen and oxygen atoms in total. The zero-order chi connectivity index (χ0) is 18.1. The highest BCUT2D eigenvalue weighted by Crippen LogP contribution is 2.13. The van der Waals surface area contributed by atoms with Crippen molar-refractivity contribution in [3.63, 3.8) is 0 Å². The number of hydrogen-bond donors (Lipinski definition) is 2. The highest BCUT2D eigenvalue weighted by atomic mass is 16.5. The number of alkyl carbamates (subject to hydrolysis) is 1. The van der Waals surface area contributed by atoms with Crippen molar-refractivity contribution in [1.29, 1.82) is 0 Å². The SMILES string of the molecule is COC(=O)NC(CC(C)C)C(=O)NCC(C(C)C)N1CCOCC1. The number of rotatable bonds is 8. The smallest absolute Gasteiger partial charge is 0.407 e. The van der Waals surface area contributed by atoms with Crippen molar-refractivity contribution in [1.82, 2.24) is 15.5 Å². The molecule has 1 aliphatic rings. The molecule has 2 amide bonds.